The fraction of sp³-hybridized carbons (Fsp3) is 0.619. The van der Waals surface area contributed by atoms with Crippen LogP contribution in [0.15, 0.2) is 24.3 Å². The number of hydrogen-bond acceptors (Lipinski definition) is 2. The van der Waals surface area contributed by atoms with Crippen molar-refractivity contribution in [2.24, 2.45) is 0 Å². The first-order valence-electron chi connectivity index (χ1n) is 9.66. The molecule has 1 saturated carbocycles. The molecule has 4 heteroatoms. The second-order valence-corrected chi connectivity index (χ2v) is 7.90. The van der Waals surface area contributed by atoms with Crippen LogP contribution >= 0.6 is 0 Å². The Bertz CT molecular complexity index is 617. The summed E-state index contributed by atoms with van der Waals surface area (Å²) < 4.78 is 0. The highest BCUT2D eigenvalue weighted by Crippen LogP contribution is 2.32. The van der Waals surface area contributed by atoms with Crippen molar-refractivity contribution in [1.29, 1.82) is 0 Å². The van der Waals surface area contributed by atoms with E-state index in [1.165, 1.54) is 31.2 Å². The molecule has 0 spiro atoms. The Morgan fingerprint density at radius 1 is 1.16 bits per heavy atom. The van der Waals surface area contributed by atoms with Crippen molar-refractivity contribution >= 4 is 11.8 Å². The molecule has 1 aromatic carbocycles. The third-order valence-electron chi connectivity index (χ3n) is 5.86. The van der Waals surface area contributed by atoms with Gasteiger partial charge >= 0.3 is 0 Å². The summed E-state index contributed by atoms with van der Waals surface area (Å²) in [6.07, 6.45) is 8.10. The van der Waals surface area contributed by atoms with Crippen molar-refractivity contribution < 1.29 is 9.59 Å². The highest BCUT2D eigenvalue weighted by Gasteiger charge is 2.47. The number of likely N-dealkylation sites (tertiary alicyclic amines) is 1. The van der Waals surface area contributed by atoms with Gasteiger partial charge in [-0.05, 0) is 38.7 Å². The average Bonchev–Trinajstić information content (AvgIpc) is 2.79. The van der Waals surface area contributed by atoms with Gasteiger partial charge in [-0.1, -0.05) is 55.5 Å². The minimum Gasteiger partial charge on any atom is -0.351 e. The molecule has 1 aliphatic heterocycles. The van der Waals surface area contributed by atoms with E-state index in [4.69, 9.17) is 0 Å². The van der Waals surface area contributed by atoms with E-state index in [1.807, 2.05) is 19.1 Å². The molecule has 1 unspecified atom stereocenters. The summed E-state index contributed by atoms with van der Waals surface area (Å²) in [5.41, 5.74) is 1.55. The van der Waals surface area contributed by atoms with Gasteiger partial charge in [0.25, 0.3) is 0 Å². The third kappa shape index (κ3) is 4.05. The van der Waals surface area contributed by atoms with Gasteiger partial charge in [0.15, 0.2) is 0 Å². The van der Waals surface area contributed by atoms with Crippen molar-refractivity contribution in [3.05, 3.63) is 35.4 Å². The fourth-order valence-corrected chi connectivity index (χ4v) is 4.03. The van der Waals surface area contributed by atoms with Gasteiger partial charge in [-0.25, -0.2) is 0 Å². The van der Waals surface area contributed by atoms with Crippen molar-refractivity contribution in [1.82, 2.24) is 10.2 Å². The number of nitrogens with zero attached hydrogens (tertiary/aromatic N) is 1. The molecule has 1 heterocycles. The fourth-order valence-electron chi connectivity index (χ4n) is 4.03. The maximum absolute atomic E-state index is 13.0. The van der Waals surface area contributed by atoms with Crippen LogP contribution in [0.5, 0.6) is 0 Å². The van der Waals surface area contributed by atoms with E-state index in [9.17, 15) is 9.59 Å². The number of hydrogen-bond donors (Lipinski definition) is 1. The van der Waals surface area contributed by atoms with Crippen LogP contribution in [0.3, 0.4) is 0 Å². The highest BCUT2D eigenvalue weighted by atomic mass is 16.2. The maximum atomic E-state index is 13.0. The number of nitrogens with one attached hydrogen (secondary N) is 1. The van der Waals surface area contributed by atoms with Crippen LogP contribution in [-0.2, 0) is 16.1 Å². The summed E-state index contributed by atoms with van der Waals surface area (Å²) in [5.74, 6) is 0.108. The lowest BCUT2D eigenvalue weighted by molar-refractivity contribution is -0.141. The quantitative estimate of drug-likeness (QED) is 0.848. The first-order valence-corrected chi connectivity index (χ1v) is 9.66. The monoisotopic (exact) mass is 342 g/mol. The Hall–Kier alpha value is -1.84. The lowest BCUT2D eigenvalue weighted by Gasteiger charge is -2.35. The van der Waals surface area contributed by atoms with Gasteiger partial charge < -0.3 is 10.2 Å². The molecular formula is C21H30N2O2. The molecule has 2 fully saturated rings. The Morgan fingerprint density at radius 3 is 2.44 bits per heavy atom. The summed E-state index contributed by atoms with van der Waals surface area (Å²) in [6, 6.07) is 8.47. The first kappa shape index (κ1) is 18.0. The van der Waals surface area contributed by atoms with E-state index >= 15 is 0 Å². The predicted molar refractivity (Wildman–Crippen MR) is 99.0 cm³/mol. The summed E-state index contributed by atoms with van der Waals surface area (Å²) in [4.78, 5) is 27.3. The molecule has 25 heavy (non-hydrogen) atoms. The van der Waals surface area contributed by atoms with E-state index in [1.54, 1.807) is 4.90 Å². The van der Waals surface area contributed by atoms with Crippen LogP contribution in [0.2, 0.25) is 0 Å². The molecule has 1 N–H and O–H groups in total. The molecule has 4 nitrogen and oxygen atoms in total. The molecule has 1 aliphatic carbocycles. The van der Waals surface area contributed by atoms with Gasteiger partial charge in [-0.3, -0.25) is 9.59 Å². The number of carbonyl (C=O) groups is 2. The smallest absolute Gasteiger partial charge is 0.245 e. The SMILES string of the molecule is Cc1ccc(CN2C(=O)CCC2(C)C(=O)NC2CCCCCC2)cc1. The Morgan fingerprint density at radius 2 is 1.80 bits per heavy atom. The molecule has 0 aromatic heterocycles. The normalized spacial score (nSPS) is 25.0. The molecular weight excluding hydrogens is 312 g/mol. The summed E-state index contributed by atoms with van der Waals surface area (Å²) in [7, 11) is 0. The Kier molecular flexibility index (Phi) is 5.45. The predicted octanol–water partition coefficient (Wildman–Crippen LogP) is 3.72. The van der Waals surface area contributed by atoms with Gasteiger partial charge in [0.2, 0.25) is 11.8 Å². The molecule has 2 amide bonds. The van der Waals surface area contributed by atoms with Gasteiger partial charge in [0, 0.05) is 19.0 Å². The molecule has 2 aliphatic rings. The zero-order valence-electron chi connectivity index (χ0n) is 15.5. The first-order chi connectivity index (χ1) is 12.0. The van der Waals surface area contributed by atoms with Crippen LogP contribution in [0.4, 0.5) is 0 Å². The second kappa shape index (κ2) is 7.59. The van der Waals surface area contributed by atoms with Gasteiger partial charge in [-0.15, -0.1) is 0 Å². The Balaban J connectivity index is 1.71. The zero-order chi connectivity index (χ0) is 17.9. The minimum atomic E-state index is -0.728. The van der Waals surface area contributed by atoms with Crippen LogP contribution in [0.1, 0.15) is 69.4 Å². The number of carbonyl (C=O) groups excluding carboxylic acids is 2. The molecule has 1 atom stereocenters. The molecule has 0 radical (unpaired) electrons. The second-order valence-electron chi connectivity index (χ2n) is 7.90. The number of aryl methyl sites for hydroxylation is 1. The highest BCUT2D eigenvalue weighted by molar-refractivity contribution is 5.94. The Labute approximate surface area is 151 Å². The minimum absolute atomic E-state index is 0.0253. The largest absolute Gasteiger partial charge is 0.351 e. The average molecular weight is 342 g/mol. The van der Waals surface area contributed by atoms with Gasteiger partial charge in [-0.2, -0.15) is 0 Å². The van der Waals surface area contributed by atoms with Gasteiger partial charge in [0.05, 0.1) is 0 Å². The summed E-state index contributed by atoms with van der Waals surface area (Å²) in [5, 5.41) is 3.25. The van der Waals surface area contributed by atoms with E-state index < -0.39 is 5.54 Å². The maximum Gasteiger partial charge on any atom is 0.245 e. The molecule has 1 saturated heterocycles. The van der Waals surface area contributed by atoms with Crippen molar-refractivity contribution in [3.63, 3.8) is 0 Å². The van der Waals surface area contributed by atoms with E-state index in [2.05, 4.69) is 24.4 Å². The van der Waals surface area contributed by atoms with Crippen molar-refractivity contribution in [2.75, 3.05) is 0 Å². The lowest BCUT2D eigenvalue weighted by atomic mass is 9.95. The topological polar surface area (TPSA) is 49.4 Å². The van der Waals surface area contributed by atoms with Crippen molar-refractivity contribution in [2.45, 2.75) is 83.3 Å². The third-order valence-corrected chi connectivity index (χ3v) is 5.86. The number of rotatable bonds is 4. The molecule has 0 bridgehead atoms. The standard InChI is InChI=1S/C21H30N2O2/c1-16-9-11-17(12-10-16)15-23-19(24)13-14-21(23,2)20(25)22-18-7-5-3-4-6-8-18/h9-12,18H,3-8,13-15H2,1-2H3,(H,22,25). The number of benzene rings is 1. The summed E-state index contributed by atoms with van der Waals surface area (Å²) in [6.45, 7) is 4.49. The summed E-state index contributed by atoms with van der Waals surface area (Å²) >= 11 is 0. The van der Waals surface area contributed by atoms with E-state index in [0.29, 0.717) is 19.4 Å². The number of amides is 2. The molecule has 3 rings (SSSR count). The lowest BCUT2D eigenvalue weighted by Crippen LogP contribution is -2.56. The van der Waals surface area contributed by atoms with Crippen LogP contribution in [-0.4, -0.2) is 28.3 Å². The van der Waals surface area contributed by atoms with E-state index in [0.717, 1.165) is 18.4 Å². The van der Waals surface area contributed by atoms with Crippen LogP contribution in [0.25, 0.3) is 0 Å². The van der Waals surface area contributed by atoms with Crippen LogP contribution in [0, 0.1) is 6.92 Å². The zero-order valence-corrected chi connectivity index (χ0v) is 15.5. The molecule has 1 aromatic rings. The van der Waals surface area contributed by atoms with Crippen molar-refractivity contribution in [3.8, 4) is 0 Å². The van der Waals surface area contributed by atoms with Crippen LogP contribution < -0.4 is 5.32 Å². The van der Waals surface area contributed by atoms with Gasteiger partial charge in [0.1, 0.15) is 5.54 Å². The molecule has 136 valence electrons. The van der Waals surface area contributed by atoms with E-state index in [-0.39, 0.29) is 17.9 Å².